The van der Waals surface area contributed by atoms with Gasteiger partial charge in [-0.3, -0.25) is 9.59 Å². The Morgan fingerprint density at radius 3 is 2.50 bits per heavy atom. The van der Waals surface area contributed by atoms with Crippen LogP contribution < -0.4 is 15.8 Å². The van der Waals surface area contributed by atoms with Crippen molar-refractivity contribution in [3.63, 3.8) is 0 Å². The second kappa shape index (κ2) is 8.35. The Labute approximate surface area is 161 Å². The van der Waals surface area contributed by atoms with Gasteiger partial charge in [0.25, 0.3) is 11.8 Å². The molecule has 2 aromatic rings. The number of piperazine rings is 1. The van der Waals surface area contributed by atoms with Crippen molar-refractivity contribution in [3.05, 3.63) is 64.7 Å². The number of benzene rings is 2. The number of ether oxygens (including phenoxy) is 1. The summed E-state index contributed by atoms with van der Waals surface area (Å²) in [7, 11) is 0. The Hall–Kier alpha value is -3.00. The first-order valence-corrected chi connectivity index (χ1v) is 8.92. The Morgan fingerprint density at radius 2 is 1.82 bits per heavy atom. The average molecular weight is 389 g/mol. The highest BCUT2D eigenvalue weighted by molar-refractivity contribution is 5.96. The van der Waals surface area contributed by atoms with Crippen molar-refractivity contribution in [3.8, 4) is 5.75 Å². The van der Waals surface area contributed by atoms with Crippen LogP contribution in [0.25, 0.3) is 0 Å². The zero-order valence-electron chi connectivity index (χ0n) is 15.4. The molecule has 0 radical (unpaired) electrons. The number of carbonyl (C=O) groups excluding carboxylic acids is 2. The van der Waals surface area contributed by atoms with E-state index in [2.05, 4.69) is 5.32 Å². The lowest BCUT2D eigenvalue weighted by molar-refractivity contribution is 0.0735. The molecular weight excluding hydrogens is 368 g/mol. The summed E-state index contributed by atoms with van der Waals surface area (Å²) in [5.41, 5.74) is 6.14. The minimum atomic E-state index is -1.18. The zero-order valence-corrected chi connectivity index (χ0v) is 15.4. The maximum atomic E-state index is 13.6. The van der Waals surface area contributed by atoms with E-state index in [1.54, 1.807) is 36.1 Å². The van der Waals surface area contributed by atoms with Gasteiger partial charge in [-0.05, 0) is 30.7 Å². The smallest absolute Gasteiger partial charge is 0.253 e. The summed E-state index contributed by atoms with van der Waals surface area (Å²) < 4.78 is 32.7. The molecule has 8 heteroatoms. The maximum absolute atomic E-state index is 13.6. The molecule has 1 aliphatic rings. The van der Waals surface area contributed by atoms with Crippen molar-refractivity contribution in [1.29, 1.82) is 0 Å². The van der Waals surface area contributed by atoms with E-state index in [9.17, 15) is 18.4 Å². The predicted molar refractivity (Wildman–Crippen MR) is 99.1 cm³/mol. The topological polar surface area (TPSA) is 84.7 Å². The van der Waals surface area contributed by atoms with Gasteiger partial charge in [-0.25, -0.2) is 8.78 Å². The molecule has 2 aromatic carbocycles. The molecule has 3 N–H and O–H groups in total. The number of hydrogen-bond acceptors (Lipinski definition) is 4. The van der Waals surface area contributed by atoms with Crippen LogP contribution in [0.1, 0.15) is 39.3 Å². The van der Waals surface area contributed by atoms with Crippen molar-refractivity contribution < 1.29 is 23.1 Å². The molecule has 0 aromatic heterocycles. The Balaban J connectivity index is 1.82. The number of halogens is 2. The summed E-state index contributed by atoms with van der Waals surface area (Å²) in [6.45, 7) is 4.44. The van der Waals surface area contributed by atoms with Crippen LogP contribution in [0.5, 0.6) is 5.75 Å². The van der Waals surface area contributed by atoms with E-state index in [0.29, 0.717) is 30.3 Å². The summed E-state index contributed by atoms with van der Waals surface area (Å²) in [5.74, 6) is -3.49. The van der Waals surface area contributed by atoms with Gasteiger partial charge in [0.2, 0.25) is 0 Å². The number of nitrogens with two attached hydrogens (primary N) is 1. The molecule has 6 nitrogen and oxygen atoms in total. The number of carbonyl (C=O) groups is 2. The third-order valence-electron chi connectivity index (χ3n) is 4.60. The Kier molecular flexibility index (Phi) is 5.89. The first kappa shape index (κ1) is 19.8. The lowest BCUT2D eigenvalue weighted by atomic mass is 10.1. The zero-order chi connectivity index (χ0) is 20.3. The molecule has 0 aliphatic carbocycles. The molecule has 148 valence electrons. The standard InChI is InChI=1S/C20H21F2N3O3/c1-12(28-18-11-17(22)16(21)10-15(18)19(23)26)13-3-2-4-14(9-13)20(27)25-7-5-24-6-8-25/h2-4,9-12,24H,5-8H2,1H3,(H2,23,26). The van der Waals surface area contributed by atoms with E-state index in [4.69, 9.17) is 10.5 Å². The molecule has 28 heavy (non-hydrogen) atoms. The van der Waals surface area contributed by atoms with Gasteiger partial charge in [0, 0.05) is 37.8 Å². The van der Waals surface area contributed by atoms with E-state index in [0.717, 1.165) is 19.2 Å². The number of primary amides is 1. The SMILES string of the molecule is CC(Oc1cc(F)c(F)cc1C(N)=O)c1cccc(C(=O)N2CCNCC2)c1. The van der Waals surface area contributed by atoms with Crippen LogP contribution in [0.2, 0.25) is 0 Å². The molecular formula is C20H21F2N3O3. The van der Waals surface area contributed by atoms with Gasteiger partial charge >= 0.3 is 0 Å². The lowest BCUT2D eigenvalue weighted by Crippen LogP contribution is -2.46. The summed E-state index contributed by atoms with van der Waals surface area (Å²) in [6.07, 6.45) is -0.626. The highest BCUT2D eigenvalue weighted by Crippen LogP contribution is 2.28. The molecule has 0 spiro atoms. The molecule has 2 amide bonds. The molecule has 3 rings (SSSR count). The number of hydrogen-bond donors (Lipinski definition) is 2. The number of rotatable bonds is 5. The Morgan fingerprint density at radius 1 is 1.14 bits per heavy atom. The summed E-state index contributed by atoms with van der Waals surface area (Å²) >= 11 is 0. The van der Waals surface area contributed by atoms with E-state index in [1.807, 2.05) is 0 Å². The minimum absolute atomic E-state index is 0.0822. The van der Waals surface area contributed by atoms with Gasteiger partial charge in [0.05, 0.1) is 5.56 Å². The third kappa shape index (κ3) is 4.28. The van der Waals surface area contributed by atoms with Crippen molar-refractivity contribution in [2.24, 2.45) is 5.73 Å². The van der Waals surface area contributed by atoms with Crippen LogP contribution >= 0.6 is 0 Å². The maximum Gasteiger partial charge on any atom is 0.253 e. The molecule has 1 unspecified atom stereocenters. The van der Waals surface area contributed by atoms with E-state index in [-0.39, 0.29) is 17.2 Å². The molecule has 1 heterocycles. The van der Waals surface area contributed by atoms with Crippen molar-refractivity contribution in [2.45, 2.75) is 13.0 Å². The van der Waals surface area contributed by atoms with Crippen LogP contribution in [-0.4, -0.2) is 42.9 Å². The minimum Gasteiger partial charge on any atom is -0.485 e. The highest BCUT2D eigenvalue weighted by atomic mass is 19.2. The monoisotopic (exact) mass is 389 g/mol. The normalized spacial score (nSPS) is 15.2. The molecule has 1 saturated heterocycles. The predicted octanol–water partition coefficient (Wildman–Crippen LogP) is 2.25. The van der Waals surface area contributed by atoms with Crippen molar-refractivity contribution >= 4 is 11.8 Å². The summed E-state index contributed by atoms with van der Waals surface area (Å²) in [5, 5.41) is 3.19. The molecule has 1 aliphatic heterocycles. The number of nitrogens with one attached hydrogen (secondary N) is 1. The summed E-state index contributed by atoms with van der Waals surface area (Å²) in [6, 6.07) is 8.39. The third-order valence-corrected chi connectivity index (χ3v) is 4.60. The first-order valence-electron chi connectivity index (χ1n) is 8.92. The van der Waals surface area contributed by atoms with Gasteiger partial charge in [-0.1, -0.05) is 12.1 Å². The summed E-state index contributed by atoms with van der Waals surface area (Å²) in [4.78, 5) is 25.9. The van der Waals surface area contributed by atoms with Gasteiger partial charge in [-0.2, -0.15) is 0 Å². The van der Waals surface area contributed by atoms with Crippen LogP contribution in [-0.2, 0) is 0 Å². The van der Waals surface area contributed by atoms with E-state index in [1.165, 1.54) is 0 Å². The van der Waals surface area contributed by atoms with Gasteiger partial charge in [0.1, 0.15) is 11.9 Å². The van der Waals surface area contributed by atoms with Crippen LogP contribution in [0, 0.1) is 11.6 Å². The number of amides is 2. The largest absolute Gasteiger partial charge is 0.485 e. The highest BCUT2D eigenvalue weighted by Gasteiger charge is 2.21. The fourth-order valence-electron chi connectivity index (χ4n) is 3.05. The van der Waals surface area contributed by atoms with Crippen molar-refractivity contribution in [2.75, 3.05) is 26.2 Å². The second-order valence-electron chi connectivity index (χ2n) is 6.55. The van der Waals surface area contributed by atoms with E-state index >= 15 is 0 Å². The number of nitrogens with zero attached hydrogens (tertiary/aromatic N) is 1. The molecule has 1 fully saturated rings. The van der Waals surface area contributed by atoms with Crippen molar-refractivity contribution in [1.82, 2.24) is 10.2 Å². The van der Waals surface area contributed by atoms with Gasteiger partial charge < -0.3 is 20.7 Å². The van der Waals surface area contributed by atoms with Crippen LogP contribution in [0.4, 0.5) is 8.78 Å². The molecule has 0 bridgehead atoms. The average Bonchev–Trinajstić information content (AvgIpc) is 2.70. The fraction of sp³-hybridized carbons (Fsp3) is 0.300. The second-order valence-corrected chi connectivity index (χ2v) is 6.55. The van der Waals surface area contributed by atoms with E-state index < -0.39 is 23.6 Å². The van der Waals surface area contributed by atoms with Crippen LogP contribution in [0.15, 0.2) is 36.4 Å². The first-order chi connectivity index (χ1) is 13.4. The molecule has 0 saturated carbocycles. The van der Waals surface area contributed by atoms with Gasteiger partial charge in [0.15, 0.2) is 11.6 Å². The van der Waals surface area contributed by atoms with Gasteiger partial charge in [-0.15, -0.1) is 0 Å². The fourth-order valence-corrected chi connectivity index (χ4v) is 3.05. The lowest BCUT2D eigenvalue weighted by Gasteiger charge is -2.27. The quantitative estimate of drug-likeness (QED) is 0.822. The Bertz CT molecular complexity index is 898. The molecule has 1 atom stereocenters. The van der Waals surface area contributed by atoms with Crippen LogP contribution in [0.3, 0.4) is 0 Å².